The minimum Gasteiger partial charge on any atom is -0.495 e. The SMILES string of the molecule is CC[C@H](CO)NS(=O)(=O)c1cc(C)ccc1OC. The van der Waals surface area contributed by atoms with E-state index in [-0.39, 0.29) is 11.5 Å². The number of sulfonamides is 1. The highest BCUT2D eigenvalue weighted by atomic mass is 32.2. The van der Waals surface area contributed by atoms with Crippen molar-refractivity contribution in [1.82, 2.24) is 4.72 Å². The van der Waals surface area contributed by atoms with E-state index in [0.717, 1.165) is 5.56 Å². The smallest absolute Gasteiger partial charge is 0.244 e. The number of rotatable bonds is 6. The van der Waals surface area contributed by atoms with E-state index in [0.29, 0.717) is 12.2 Å². The Kier molecular flexibility index (Phi) is 5.13. The van der Waals surface area contributed by atoms with Gasteiger partial charge >= 0.3 is 0 Å². The second kappa shape index (κ2) is 6.17. The maximum Gasteiger partial charge on any atom is 0.244 e. The lowest BCUT2D eigenvalue weighted by Crippen LogP contribution is -2.37. The van der Waals surface area contributed by atoms with Crippen LogP contribution in [0, 0.1) is 6.92 Å². The number of aliphatic hydroxyl groups excluding tert-OH is 1. The van der Waals surface area contributed by atoms with Crippen molar-refractivity contribution in [2.24, 2.45) is 0 Å². The Balaban J connectivity index is 3.15. The minimum atomic E-state index is -3.68. The molecule has 0 aliphatic rings. The van der Waals surface area contributed by atoms with Gasteiger partial charge in [0.2, 0.25) is 10.0 Å². The van der Waals surface area contributed by atoms with Crippen LogP contribution in [0.25, 0.3) is 0 Å². The zero-order valence-electron chi connectivity index (χ0n) is 10.8. The summed E-state index contributed by atoms with van der Waals surface area (Å²) in [5.41, 5.74) is 0.827. The second-order valence-corrected chi connectivity index (χ2v) is 5.75. The molecule has 0 aliphatic heterocycles. The number of hydrogen-bond donors (Lipinski definition) is 2. The average molecular weight is 273 g/mol. The molecule has 0 radical (unpaired) electrons. The van der Waals surface area contributed by atoms with Crippen molar-refractivity contribution in [3.8, 4) is 5.75 Å². The molecule has 0 heterocycles. The highest BCUT2D eigenvalue weighted by molar-refractivity contribution is 7.89. The zero-order chi connectivity index (χ0) is 13.8. The summed E-state index contributed by atoms with van der Waals surface area (Å²) >= 11 is 0. The highest BCUT2D eigenvalue weighted by Gasteiger charge is 2.22. The first-order valence-corrected chi connectivity index (χ1v) is 7.20. The van der Waals surface area contributed by atoms with E-state index in [1.165, 1.54) is 7.11 Å². The highest BCUT2D eigenvalue weighted by Crippen LogP contribution is 2.24. The summed E-state index contributed by atoms with van der Waals surface area (Å²) in [5, 5.41) is 9.06. The third-order valence-electron chi connectivity index (χ3n) is 2.64. The molecule has 0 aliphatic carbocycles. The van der Waals surface area contributed by atoms with Crippen LogP contribution in [0.1, 0.15) is 18.9 Å². The summed E-state index contributed by atoms with van der Waals surface area (Å²) in [6, 6.07) is 4.45. The summed E-state index contributed by atoms with van der Waals surface area (Å²) in [7, 11) is -2.26. The molecule has 0 bridgehead atoms. The van der Waals surface area contributed by atoms with Crippen molar-refractivity contribution in [2.45, 2.75) is 31.2 Å². The number of ether oxygens (including phenoxy) is 1. The van der Waals surface area contributed by atoms with Crippen LogP contribution in [-0.2, 0) is 10.0 Å². The molecule has 2 N–H and O–H groups in total. The van der Waals surface area contributed by atoms with Crippen LogP contribution in [0.15, 0.2) is 23.1 Å². The summed E-state index contributed by atoms with van der Waals surface area (Å²) < 4.78 is 31.9. The normalized spacial score (nSPS) is 13.3. The fraction of sp³-hybridized carbons (Fsp3) is 0.500. The molecule has 6 heteroatoms. The topological polar surface area (TPSA) is 75.6 Å². The molecule has 0 unspecified atom stereocenters. The van der Waals surface area contributed by atoms with E-state index in [2.05, 4.69) is 4.72 Å². The average Bonchev–Trinajstić information content (AvgIpc) is 2.36. The van der Waals surface area contributed by atoms with E-state index in [1.54, 1.807) is 25.1 Å². The first-order chi connectivity index (χ1) is 8.44. The molecule has 18 heavy (non-hydrogen) atoms. The Morgan fingerprint density at radius 3 is 2.61 bits per heavy atom. The van der Waals surface area contributed by atoms with Crippen molar-refractivity contribution in [3.63, 3.8) is 0 Å². The number of aliphatic hydroxyl groups is 1. The molecule has 5 nitrogen and oxygen atoms in total. The number of nitrogens with one attached hydrogen (secondary N) is 1. The summed E-state index contributed by atoms with van der Waals surface area (Å²) in [4.78, 5) is 0.0944. The lowest BCUT2D eigenvalue weighted by Gasteiger charge is -2.16. The van der Waals surface area contributed by atoms with Crippen molar-refractivity contribution >= 4 is 10.0 Å². The van der Waals surface area contributed by atoms with Crippen LogP contribution in [0.4, 0.5) is 0 Å². The van der Waals surface area contributed by atoms with Crippen LogP contribution in [-0.4, -0.2) is 33.3 Å². The van der Waals surface area contributed by atoms with E-state index < -0.39 is 16.1 Å². The molecule has 0 amide bonds. The van der Waals surface area contributed by atoms with Crippen molar-refractivity contribution in [1.29, 1.82) is 0 Å². The van der Waals surface area contributed by atoms with E-state index in [4.69, 9.17) is 9.84 Å². The van der Waals surface area contributed by atoms with Gasteiger partial charge in [-0.2, -0.15) is 0 Å². The van der Waals surface area contributed by atoms with Gasteiger partial charge in [0.15, 0.2) is 0 Å². The maximum atomic E-state index is 12.2. The monoisotopic (exact) mass is 273 g/mol. The van der Waals surface area contributed by atoms with Crippen LogP contribution in [0.5, 0.6) is 5.75 Å². The molecule has 0 fully saturated rings. The van der Waals surface area contributed by atoms with Crippen LogP contribution in [0.2, 0.25) is 0 Å². The Labute approximate surface area is 108 Å². The van der Waals surface area contributed by atoms with Gasteiger partial charge in [-0.25, -0.2) is 13.1 Å². The van der Waals surface area contributed by atoms with Crippen molar-refractivity contribution in [2.75, 3.05) is 13.7 Å². The largest absolute Gasteiger partial charge is 0.495 e. The van der Waals surface area contributed by atoms with E-state index in [9.17, 15) is 8.42 Å². The van der Waals surface area contributed by atoms with Gasteiger partial charge in [-0.1, -0.05) is 13.0 Å². The molecule has 1 aromatic rings. The maximum absolute atomic E-state index is 12.2. The predicted molar refractivity (Wildman–Crippen MR) is 69.2 cm³/mol. The van der Waals surface area contributed by atoms with Crippen LogP contribution < -0.4 is 9.46 Å². The standard InChI is InChI=1S/C12H19NO4S/c1-4-10(8-14)13-18(15,16)12-7-9(2)5-6-11(12)17-3/h5-7,10,13-14H,4,8H2,1-3H3/t10-/m1/s1. The zero-order valence-corrected chi connectivity index (χ0v) is 11.6. The van der Waals surface area contributed by atoms with E-state index in [1.807, 2.05) is 6.92 Å². The Morgan fingerprint density at radius 2 is 2.11 bits per heavy atom. The number of benzene rings is 1. The van der Waals surface area contributed by atoms with Gasteiger partial charge in [-0.3, -0.25) is 0 Å². The molecule has 1 aromatic carbocycles. The molecule has 1 rings (SSSR count). The third kappa shape index (κ3) is 3.44. The quantitative estimate of drug-likeness (QED) is 0.812. The molecule has 1 atom stereocenters. The van der Waals surface area contributed by atoms with Gasteiger partial charge in [0.25, 0.3) is 0 Å². The predicted octanol–water partition coefficient (Wildman–Crippen LogP) is 1.05. The first kappa shape index (κ1) is 14.9. The summed E-state index contributed by atoms with van der Waals surface area (Å²) in [6.45, 7) is 3.38. The van der Waals surface area contributed by atoms with Gasteiger partial charge in [0, 0.05) is 6.04 Å². The lowest BCUT2D eigenvalue weighted by atomic mass is 10.2. The van der Waals surface area contributed by atoms with Gasteiger partial charge in [0.05, 0.1) is 13.7 Å². The fourth-order valence-corrected chi connectivity index (χ4v) is 3.09. The molecule has 102 valence electrons. The van der Waals surface area contributed by atoms with Crippen molar-refractivity contribution < 1.29 is 18.3 Å². The van der Waals surface area contributed by atoms with Crippen LogP contribution >= 0.6 is 0 Å². The molecule has 0 saturated carbocycles. The third-order valence-corrected chi connectivity index (χ3v) is 4.19. The molecular formula is C12H19NO4S. The lowest BCUT2D eigenvalue weighted by molar-refractivity contribution is 0.253. The Hall–Kier alpha value is -1.11. The number of aryl methyl sites for hydroxylation is 1. The Morgan fingerprint density at radius 1 is 1.44 bits per heavy atom. The van der Waals surface area contributed by atoms with Gasteiger partial charge in [-0.05, 0) is 31.0 Å². The molecule has 0 spiro atoms. The minimum absolute atomic E-state index is 0.0944. The van der Waals surface area contributed by atoms with Gasteiger partial charge in [-0.15, -0.1) is 0 Å². The molecule has 0 saturated heterocycles. The number of methoxy groups -OCH3 is 1. The van der Waals surface area contributed by atoms with E-state index >= 15 is 0 Å². The van der Waals surface area contributed by atoms with Crippen LogP contribution in [0.3, 0.4) is 0 Å². The molecular weight excluding hydrogens is 254 g/mol. The summed E-state index contributed by atoms with van der Waals surface area (Å²) in [5.74, 6) is 0.292. The van der Waals surface area contributed by atoms with Gasteiger partial charge < -0.3 is 9.84 Å². The summed E-state index contributed by atoms with van der Waals surface area (Å²) in [6.07, 6.45) is 0.518. The molecule has 0 aromatic heterocycles. The van der Waals surface area contributed by atoms with Crippen molar-refractivity contribution in [3.05, 3.63) is 23.8 Å². The second-order valence-electron chi connectivity index (χ2n) is 4.06. The Bertz CT molecular complexity index is 495. The first-order valence-electron chi connectivity index (χ1n) is 5.72. The van der Waals surface area contributed by atoms with Gasteiger partial charge in [0.1, 0.15) is 10.6 Å². The number of hydrogen-bond acceptors (Lipinski definition) is 4. The fourth-order valence-electron chi connectivity index (χ4n) is 1.53.